The van der Waals surface area contributed by atoms with Crippen LogP contribution in [0.4, 0.5) is 11.8 Å². The van der Waals surface area contributed by atoms with Crippen LogP contribution in [0.2, 0.25) is 0 Å². The van der Waals surface area contributed by atoms with Gasteiger partial charge in [-0.2, -0.15) is 4.98 Å². The van der Waals surface area contributed by atoms with Crippen molar-refractivity contribution in [1.29, 1.82) is 0 Å². The summed E-state index contributed by atoms with van der Waals surface area (Å²) in [6, 6.07) is 1.85. The van der Waals surface area contributed by atoms with E-state index in [0.717, 1.165) is 24.5 Å². The highest BCUT2D eigenvalue weighted by Crippen LogP contribution is 2.06. The van der Waals surface area contributed by atoms with Crippen molar-refractivity contribution in [1.82, 2.24) is 15.0 Å². The van der Waals surface area contributed by atoms with Crippen LogP contribution in [0.5, 0.6) is 0 Å². The number of hydrogen-bond acceptors (Lipinski definition) is 6. The van der Waals surface area contributed by atoms with Gasteiger partial charge in [-0.05, 0) is 6.07 Å². The molecule has 2 rings (SSSR count). The van der Waals surface area contributed by atoms with Crippen LogP contribution >= 0.6 is 11.3 Å². The van der Waals surface area contributed by atoms with E-state index in [2.05, 4.69) is 31.0 Å². The monoisotopic (exact) mass is 235 g/mol. The molecule has 6 heteroatoms. The van der Waals surface area contributed by atoms with Gasteiger partial charge in [0.15, 0.2) is 0 Å². The highest BCUT2D eigenvalue weighted by atomic mass is 32.1. The molecular formula is C10H13N5S. The minimum absolute atomic E-state index is 0.624. The minimum Gasteiger partial charge on any atom is -0.370 e. The molecule has 5 nitrogen and oxygen atoms in total. The number of rotatable bonds is 5. The van der Waals surface area contributed by atoms with Crippen LogP contribution in [0.3, 0.4) is 0 Å². The second kappa shape index (κ2) is 5.41. The average Bonchev–Trinajstić information content (AvgIpc) is 2.82. The van der Waals surface area contributed by atoms with Gasteiger partial charge in [0.1, 0.15) is 5.82 Å². The Kier molecular flexibility index (Phi) is 3.66. The number of hydrogen-bond donors (Lipinski definition) is 2. The summed E-state index contributed by atoms with van der Waals surface area (Å²) in [4.78, 5) is 12.5. The molecule has 0 aliphatic heterocycles. The van der Waals surface area contributed by atoms with Gasteiger partial charge in [-0.3, -0.25) is 0 Å². The van der Waals surface area contributed by atoms with Gasteiger partial charge >= 0.3 is 0 Å². The molecule has 0 aliphatic rings. The summed E-state index contributed by atoms with van der Waals surface area (Å²) < 4.78 is 0. The van der Waals surface area contributed by atoms with Crippen molar-refractivity contribution in [3.8, 4) is 0 Å². The predicted octanol–water partition coefficient (Wildman–Crippen LogP) is 1.63. The molecule has 0 aromatic carbocycles. The molecule has 84 valence electrons. The van der Waals surface area contributed by atoms with Gasteiger partial charge in [0.05, 0.1) is 11.2 Å². The zero-order chi connectivity index (χ0) is 11.2. The van der Waals surface area contributed by atoms with Crippen LogP contribution in [0, 0.1) is 0 Å². The van der Waals surface area contributed by atoms with Crippen molar-refractivity contribution in [2.75, 3.05) is 24.2 Å². The van der Waals surface area contributed by atoms with Gasteiger partial charge in [-0.1, -0.05) is 0 Å². The normalized spacial score (nSPS) is 10.1. The molecule has 16 heavy (non-hydrogen) atoms. The van der Waals surface area contributed by atoms with E-state index in [1.54, 1.807) is 24.6 Å². The van der Waals surface area contributed by atoms with Crippen LogP contribution in [0.15, 0.2) is 23.2 Å². The molecule has 0 amide bonds. The van der Waals surface area contributed by atoms with Gasteiger partial charge in [-0.15, -0.1) is 11.3 Å². The van der Waals surface area contributed by atoms with E-state index in [-0.39, 0.29) is 0 Å². The molecule has 0 bridgehead atoms. The Balaban J connectivity index is 1.85. The number of thiazole rings is 1. The molecule has 0 radical (unpaired) electrons. The summed E-state index contributed by atoms with van der Waals surface area (Å²) in [6.07, 6.45) is 2.63. The molecule has 0 spiro atoms. The van der Waals surface area contributed by atoms with Crippen molar-refractivity contribution in [3.63, 3.8) is 0 Å². The molecule has 0 fully saturated rings. The molecule has 2 aromatic rings. The summed E-state index contributed by atoms with van der Waals surface area (Å²) in [7, 11) is 1.80. The van der Waals surface area contributed by atoms with E-state index in [1.165, 1.54) is 0 Å². The van der Waals surface area contributed by atoms with Crippen LogP contribution in [-0.4, -0.2) is 28.5 Å². The van der Waals surface area contributed by atoms with Gasteiger partial charge in [-0.25, -0.2) is 9.97 Å². The first-order valence-corrected chi connectivity index (χ1v) is 5.94. The van der Waals surface area contributed by atoms with E-state index in [4.69, 9.17) is 0 Å². The van der Waals surface area contributed by atoms with Gasteiger partial charge in [0, 0.05) is 31.6 Å². The summed E-state index contributed by atoms with van der Waals surface area (Å²) in [6.45, 7) is 0.823. The van der Waals surface area contributed by atoms with Crippen LogP contribution in [-0.2, 0) is 6.42 Å². The van der Waals surface area contributed by atoms with Crippen molar-refractivity contribution in [3.05, 3.63) is 28.8 Å². The van der Waals surface area contributed by atoms with Crippen LogP contribution in [0.1, 0.15) is 5.69 Å². The third-order valence-electron chi connectivity index (χ3n) is 2.05. The van der Waals surface area contributed by atoms with E-state index in [9.17, 15) is 0 Å². The van der Waals surface area contributed by atoms with Crippen molar-refractivity contribution in [2.45, 2.75) is 6.42 Å². The lowest BCUT2D eigenvalue weighted by Gasteiger charge is -2.05. The maximum Gasteiger partial charge on any atom is 0.224 e. The zero-order valence-electron chi connectivity index (χ0n) is 8.97. The number of nitrogens with zero attached hydrogens (tertiary/aromatic N) is 3. The Bertz CT molecular complexity index is 429. The molecule has 0 saturated heterocycles. The largest absolute Gasteiger partial charge is 0.370 e. The average molecular weight is 235 g/mol. The highest BCUT2D eigenvalue weighted by molar-refractivity contribution is 7.07. The van der Waals surface area contributed by atoms with E-state index in [1.807, 2.05) is 11.6 Å². The van der Waals surface area contributed by atoms with Crippen LogP contribution < -0.4 is 10.6 Å². The second-order valence-electron chi connectivity index (χ2n) is 3.17. The minimum atomic E-state index is 0.624. The number of anilines is 2. The topological polar surface area (TPSA) is 62.7 Å². The summed E-state index contributed by atoms with van der Waals surface area (Å²) in [5.41, 5.74) is 2.96. The van der Waals surface area contributed by atoms with Crippen molar-refractivity contribution in [2.24, 2.45) is 0 Å². The first-order chi connectivity index (χ1) is 7.88. The fourth-order valence-electron chi connectivity index (χ4n) is 1.26. The maximum absolute atomic E-state index is 4.26. The number of aromatic nitrogens is 3. The molecule has 0 aliphatic carbocycles. The third-order valence-corrected chi connectivity index (χ3v) is 2.69. The maximum atomic E-state index is 4.26. The smallest absolute Gasteiger partial charge is 0.224 e. The van der Waals surface area contributed by atoms with Crippen molar-refractivity contribution < 1.29 is 0 Å². The molecule has 0 atom stereocenters. The molecule has 0 unspecified atom stereocenters. The summed E-state index contributed by atoms with van der Waals surface area (Å²) in [5, 5.41) is 8.19. The van der Waals surface area contributed by atoms with E-state index >= 15 is 0 Å². The Morgan fingerprint density at radius 3 is 3.06 bits per heavy atom. The predicted molar refractivity (Wildman–Crippen MR) is 65.9 cm³/mol. The Morgan fingerprint density at radius 2 is 2.31 bits per heavy atom. The Morgan fingerprint density at radius 1 is 1.38 bits per heavy atom. The quantitative estimate of drug-likeness (QED) is 0.824. The fraction of sp³-hybridized carbons (Fsp3) is 0.300. The van der Waals surface area contributed by atoms with E-state index < -0.39 is 0 Å². The third kappa shape index (κ3) is 2.90. The lowest BCUT2D eigenvalue weighted by atomic mass is 10.3. The standard InChI is InChI=1S/C10H13N5S/c1-11-10-13-5-3-9(15-10)12-4-2-8-6-16-7-14-8/h3,5-7H,2,4H2,1H3,(H2,11,12,13,15). The molecule has 2 heterocycles. The molecule has 2 N–H and O–H groups in total. The van der Waals surface area contributed by atoms with Gasteiger partial charge in [0.2, 0.25) is 5.95 Å². The molecular weight excluding hydrogens is 222 g/mol. The first-order valence-electron chi connectivity index (χ1n) is 5.00. The lowest BCUT2D eigenvalue weighted by Crippen LogP contribution is -2.07. The number of nitrogens with one attached hydrogen (secondary N) is 2. The van der Waals surface area contributed by atoms with Crippen LogP contribution in [0.25, 0.3) is 0 Å². The van der Waals surface area contributed by atoms with E-state index in [0.29, 0.717) is 5.95 Å². The molecule has 0 saturated carbocycles. The summed E-state index contributed by atoms with van der Waals surface area (Å²) >= 11 is 1.62. The molecule has 2 aromatic heterocycles. The lowest BCUT2D eigenvalue weighted by molar-refractivity contribution is 0.965. The Labute approximate surface area is 98.0 Å². The van der Waals surface area contributed by atoms with Gasteiger partial charge < -0.3 is 10.6 Å². The van der Waals surface area contributed by atoms with Crippen molar-refractivity contribution >= 4 is 23.1 Å². The highest BCUT2D eigenvalue weighted by Gasteiger charge is 1.98. The SMILES string of the molecule is CNc1nccc(NCCc2cscn2)n1. The Hall–Kier alpha value is -1.69. The zero-order valence-corrected chi connectivity index (χ0v) is 9.79. The van der Waals surface area contributed by atoms with Gasteiger partial charge in [0.25, 0.3) is 0 Å². The first kappa shape index (κ1) is 10.8. The summed E-state index contributed by atoms with van der Waals surface area (Å²) in [5.74, 6) is 1.45. The fourth-order valence-corrected chi connectivity index (χ4v) is 1.85. The second-order valence-corrected chi connectivity index (χ2v) is 3.89.